The summed E-state index contributed by atoms with van der Waals surface area (Å²) in [6.07, 6.45) is 0. The van der Waals surface area contributed by atoms with Crippen LogP contribution in [0, 0.1) is 0 Å². The first-order valence-corrected chi connectivity index (χ1v) is 6.82. The van der Waals surface area contributed by atoms with E-state index in [2.05, 4.69) is 0 Å². The van der Waals surface area contributed by atoms with E-state index in [1.807, 2.05) is 0 Å². The molecule has 0 aliphatic carbocycles. The first kappa shape index (κ1) is 16.7. The van der Waals surface area contributed by atoms with Gasteiger partial charge in [-0.25, -0.2) is 8.42 Å². The van der Waals surface area contributed by atoms with E-state index in [-0.39, 0.29) is 78.3 Å². The molecule has 0 unspecified atom stereocenters. The molecule has 2 aromatic carbocycles. The molecule has 0 bridgehead atoms. The van der Waals surface area contributed by atoms with Crippen molar-refractivity contribution < 1.29 is 79.2 Å². The van der Waals surface area contributed by atoms with Gasteiger partial charge in [0.1, 0.15) is 10.1 Å². The maximum absolute atomic E-state index is 11.8. The second-order valence-electron chi connectivity index (χ2n) is 4.22. The Kier molecular flexibility index (Phi) is 4.39. The van der Waals surface area contributed by atoms with Crippen molar-refractivity contribution in [3.8, 4) is 0 Å². The van der Waals surface area contributed by atoms with E-state index < -0.39 is 26.8 Å². The zero-order chi connectivity index (χ0) is 14.7. The van der Waals surface area contributed by atoms with Gasteiger partial charge in [-0.2, -0.15) is 0 Å². The van der Waals surface area contributed by atoms with Crippen LogP contribution in [0.15, 0.2) is 35.2 Å². The number of benzene rings is 2. The minimum atomic E-state index is -4.74. The van der Waals surface area contributed by atoms with Crippen LogP contribution in [0.5, 0.6) is 0 Å². The van der Waals surface area contributed by atoms with Gasteiger partial charge in [0.25, 0.3) is 11.8 Å². The van der Waals surface area contributed by atoms with Crippen LogP contribution in [0.1, 0.15) is 20.7 Å². The summed E-state index contributed by atoms with van der Waals surface area (Å²) in [5.74, 6) is -1.93. The van der Waals surface area contributed by atoms with E-state index in [0.717, 1.165) is 12.1 Å². The molecule has 21 heavy (non-hydrogen) atoms. The van der Waals surface area contributed by atoms with Crippen LogP contribution >= 0.6 is 0 Å². The van der Waals surface area contributed by atoms with E-state index in [9.17, 15) is 27.8 Å². The first-order valence-electron chi connectivity index (χ1n) is 5.41. The van der Waals surface area contributed by atoms with Crippen molar-refractivity contribution >= 4 is 32.7 Å². The van der Waals surface area contributed by atoms with Gasteiger partial charge in [-0.1, -0.05) is 12.1 Å². The van der Waals surface area contributed by atoms with Crippen LogP contribution in [0.4, 0.5) is 0 Å². The fraction of sp³-hybridized carbons (Fsp3) is 0. The summed E-state index contributed by atoms with van der Waals surface area (Å²) < 4.78 is 33.7. The summed E-state index contributed by atoms with van der Waals surface area (Å²) in [7, 11) is -4.74. The molecule has 0 aromatic heterocycles. The molecule has 1 aliphatic heterocycles. The molecule has 2 aromatic rings. The third-order valence-electron chi connectivity index (χ3n) is 3.12. The molecule has 0 radical (unpaired) electrons. The third-order valence-corrected chi connectivity index (χ3v) is 4.01. The van der Waals surface area contributed by atoms with E-state index in [1.54, 1.807) is 0 Å². The third kappa shape index (κ3) is 2.49. The molecule has 1 N–H and O–H groups in total. The molecular weight excluding hydrogens is 325 g/mol. The minimum Gasteiger partial charge on any atom is -0.744 e. The molecule has 0 saturated carbocycles. The van der Waals surface area contributed by atoms with Gasteiger partial charge in [0.05, 0.1) is 16.0 Å². The SMILES string of the molecule is O=C1c2cccc3c(S(=O)(=O)[O-])ccc(c23)C(=O)N1O.[K+]. The number of imide groups is 1. The normalized spacial score (nSPS) is 14.3. The Labute approximate surface area is 161 Å². The molecule has 2 amide bonds. The van der Waals surface area contributed by atoms with Gasteiger partial charge in [0, 0.05) is 10.8 Å². The molecule has 9 heteroatoms. The molecule has 0 saturated heterocycles. The van der Waals surface area contributed by atoms with Gasteiger partial charge < -0.3 is 4.55 Å². The van der Waals surface area contributed by atoms with E-state index in [1.165, 1.54) is 18.2 Å². The van der Waals surface area contributed by atoms with Gasteiger partial charge in [-0.3, -0.25) is 14.8 Å². The van der Waals surface area contributed by atoms with Crippen LogP contribution in [0.2, 0.25) is 0 Å². The Morgan fingerprint density at radius 2 is 1.57 bits per heavy atom. The number of carbonyl (C=O) groups excluding carboxylic acids is 2. The van der Waals surface area contributed by atoms with Crippen molar-refractivity contribution in [2.45, 2.75) is 4.90 Å². The Morgan fingerprint density at radius 1 is 1.00 bits per heavy atom. The van der Waals surface area contributed by atoms with Crippen LogP contribution in [0.3, 0.4) is 0 Å². The predicted molar refractivity (Wildman–Crippen MR) is 64.2 cm³/mol. The van der Waals surface area contributed by atoms with Crippen LogP contribution in [-0.2, 0) is 10.1 Å². The summed E-state index contributed by atoms with van der Waals surface area (Å²) >= 11 is 0. The maximum atomic E-state index is 11.8. The number of nitrogens with zero attached hydrogens (tertiary/aromatic N) is 1. The zero-order valence-corrected chi connectivity index (χ0v) is 14.7. The quantitative estimate of drug-likeness (QED) is 0.273. The summed E-state index contributed by atoms with van der Waals surface area (Å²) in [5.41, 5.74) is -0.0739. The van der Waals surface area contributed by atoms with Gasteiger partial charge in [-0.15, -0.1) is 5.06 Å². The van der Waals surface area contributed by atoms with Crippen LogP contribution in [0.25, 0.3) is 10.8 Å². The standard InChI is InChI=1S/C12H7NO6S.K/c14-11-7-3-1-2-6-9(20(17,18)19)5-4-8(10(6)7)12(15)13(11)16;/h1-5,16H,(H,17,18,19);/q;+1/p-1. The van der Waals surface area contributed by atoms with Crippen molar-refractivity contribution in [3.63, 3.8) is 0 Å². The Hall–Kier alpha value is -0.654. The van der Waals surface area contributed by atoms with Crippen molar-refractivity contribution in [2.75, 3.05) is 0 Å². The zero-order valence-electron chi connectivity index (χ0n) is 10.7. The Bertz CT molecular complexity index is 870. The number of rotatable bonds is 1. The average molecular weight is 331 g/mol. The van der Waals surface area contributed by atoms with E-state index in [0.29, 0.717) is 0 Å². The number of hydrogen-bond acceptors (Lipinski definition) is 6. The maximum Gasteiger partial charge on any atom is 1.00 e. The van der Waals surface area contributed by atoms with E-state index >= 15 is 0 Å². The van der Waals surface area contributed by atoms with Crippen molar-refractivity contribution in [2.24, 2.45) is 0 Å². The average Bonchev–Trinajstić information content (AvgIpc) is 2.40. The molecule has 1 aliphatic rings. The second-order valence-corrected chi connectivity index (χ2v) is 5.56. The number of carbonyl (C=O) groups is 2. The molecule has 1 heterocycles. The minimum absolute atomic E-state index is 0. The molecule has 102 valence electrons. The van der Waals surface area contributed by atoms with Crippen molar-refractivity contribution in [3.05, 3.63) is 41.5 Å². The molecule has 0 spiro atoms. The van der Waals surface area contributed by atoms with E-state index in [4.69, 9.17) is 0 Å². The topological polar surface area (TPSA) is 115 Å². The summed E-state index contributed by atoms with van der Waals surface area (Å²) in [5, 5.41) is 9.44. The van der Waals surface area contributed by atoms with Crippen LogP contribution < -0.4 is 51.4 Å². The smallest absolute Gasteiger partial charge is 0.744 e. The molecule has 0 atom stereocenters. The number of hydrogen-bond donors (Lipinski definition) is 1. The van der Waals surface area contributed by atoms with Gasteiger partial charge in [0.2, 0.25) is 0 Å². The van der Waals surface area contributed by atoms with Gasteiger partial charge >= 0.3 is 51.4 Å². The van der Waals surface area contributed by atoms with Crippen molar-refractivity contribution in [1.29, 1.82) is 0 Å². The second kappa shape index (κ2) is 5.52. The molecular formula is C12H6KNO6S. The van der Waals surface area contributed by atoms with Crippen molar-refractivity contribution in [1.82, 2.24) is 5.06 Å². The van der Waals surface area contributed by atoms with Gasteiger partial charge in [0.15, 0.2) is 0 Å². The fourth-order valence-electron chi connectivity index (χ4n) is 2.27. The predicted octanol–water partition coefficient (Wildman–Crippen LogP) is -2.27. The molecule has 0 fully saturated rings. The number of hydroxylamine groups is 2. The largest absolute Gasteiger partial charge is 1.00 e. The first-order chi connectivity index (χ1) is 9.32. The van der Waals surface area contributed by atoms with Crippen LogP contribution in [-0.4, -0.2) is 35.1 Å². The fourth-order valence-corrected chi connectivity index (χ4v) is 2.95. The Balaban J connectivity index is 0.00000161. The monoisotopic (exact) mass is 331 g/mol. The summed E-state index contributed by atoms with van der Waals surface area (Å²) in [6, 6.07) is 6.14. The molecule has 7 nitrogen and oxygen atoms in total. The van der Waals surface area contributed by atoms with Gasteiger partial charge in [-0.05, 0) is 18.2 Å². The summed E-state index contributed by atoms with van der Waals surface area (Å²) in [4.78, 5) is 23.1. The number of amides is 2. The Morgan fingerprint density at radius 3 is 2.14 bits per heavy atom. The molecule has 3 rings (SSSR count). The summed E-state index contributed by atoms with van der Waals surface area (Å²) in [6.45, 7) is 0.